The molecule has 0 saturated heterocycles. The molecule has 0 aliphatic rings. The molecule has 0 saturated carbocycles. The van der Waals surface area contributed by atoms with Gasteiger partial charge in [0.05, 0.1) is 0 Å². The summed E-state index contributed by atoms with van der Waals surface area (Å²) in [4.78, 5) is 0. The highest BCUT2D eigenvalue weighted by Crippen LogP contribution is 2.00. The Morgan fingerprint density at radius 3 is 2.23 bits per heavy atom. The van der Waals surface area contributed by atoms with E-state index in [9.17, 15) is 0 Å². The molecule has 0 unspecified atom stereocenters. The maximum Gasteiger partial charge on any atom is -0.00624 e. The summed E-state index contributed by atoms with van der Waals surface area (Å²) >= 11 is 0. The molecular formula is C12H13N. The third kappa shape index (κ3) is 3.97. The Labute approximate surface area is 78.9 Å². The van der Waals surface area contributed by atoms with Crippen molar-refractivity contribution >= 4 is 6.08 Å². The summed E-state index contributed by atoms with van der Waals surface area (Å²) in [6, 6.07) is 10.2. The molecule has 1 nitrogen and oxygen atoms in total. The Hall–Kier alpha value is -1.76. The van der Waals surface area contributed by atoms with Crippen LogP contribution in [0.2, 0.25) is 0 Å². The fourth-order valence-corrected chi connectivity index (χ4v) is 0.923. The van der Waals surface area contributed by atoms with Gasteiger partial charge in [0.25, 0.3) is 0 Å². The molecule has 0 fully saturated rings. The zero-order valence-electron chi connectivity index (χ0n) is 7.43. The van der Waals surface area contributed by atoms with Crippen molar-refractivity contribution in [1.82, 2.24) is 0 Å². The van der Waals surface area contributed by atoms with E-state index in [1.54, 1.807) is 6.08 Å². The van der Waals surface area contributed by atoms with E-state index in [-0.39, 0.29) is 0 Å². The van der Waals surface area contributed by atoms with E-state index in [0.717, 1.165) is 0 Å². The Kier molecular flexibility index (Phi) is 4.19. The highest BCUT2D eigenvalue weighted by atomic mass is 14.5. The van der Waals surface area contributed by atoms with Crippen molar-refractivity contribution in [3.8, 4) is 0 Å². The van der Waals surface area contributed by atoms with Crippen molar-refractivity contribution in [3.63, 3.8) is 0 Å². The van der Waals surface area contributed by atoms with E-state index >= 15 is 0 Å². The minimum absolute atomic E-state index is 1.20. The third-order valence-electron chi connectivity index (χ3n) is 1.53. The summed E-state index contributed by atoms with van der Waals surface area (Å²) in [6.07, 6.45) is 11.1. The summed E-state index contributed by atoms with van der Waals surface area (Å²) in [6.45, 7) is 0. The highest BCUT2D eigenvalue weighted by molar-refractivity contribution is 5.50. The van der Waals surface area contributed by atoms with Crippen molar-refractivity contribution in [2.75, 3.05) is 0 Å². The number of benzene rings is 1. The van der Waals surface area contributed by atoms with Crippen LogP contribution in [0.4, 0.5) is 0 Å². The van der Waals surface area contributed by atoms with Gasteiger partial charge >= 0.3 is 0 Å². The second-order valence-corrected chi connectivity index (χ2v) is 2.54. The van der Waals surface area contributed by atoms with Crippen LogP contribution >= 0.6 is 0 Å². The predicted molar refractivity (Wildman–Crippen MR) is 57.9 cm³/mol. The van der Waals surface area contributed by atoms with E-state index in [0.29, 0.717) is 0 Å². The zero-order valence-corrected chi connectivity index (χ0v) is 7.43. The maximum atomic E-state index is 5.17. The van der Waals surface area contributed by atoms with Crippen molar-refractivity contribution < 1.29 is 0 Å². The molecule has 0 spiro atoms. The van der Waals surface area contributed by atoms with Crippen LogP contribution in [-0.4, -0.2) is 0 Å². The third-order valence-corrected chi connectivity index (χ3v) is 1.53. The average molecular weight is 171 g/mol. The number of hydrogen-bond donors (Lipinski definition) is 1. The van der Waals surface area contributed by atoms with Crippen molar-refractivity contribution in [2.24, 2.45) is 5.73 Å². The summed E-state index contributed by atoms with van der Waals surface area (Å²) in [5.41, 5.74) is 6.36. The van der Waals surface area contributed by atoms with Gasteiger partial charge in [-0.05, 0) is 17.8 Å². The molecule has 0 bridgehead atoms. The van der Waals surface area contributed by atoms with Gasteiger partial charge in [-0.25, -0.2) is 0 Å². The summed E-state index contributed by atoms with van der Waals surface area (Å²) in [5.74, 6) is 0. The Morgan fingerprint density at radius 1 is 0.846 bits per heavy atom. The van der Waals surface area contributed by atoms with Crippen LogP contribution in [-0.2, 0) is 0 Å². The van der Waals surface area contributed by atoms with Crippen LogP contribution in [0, 0.1) is 0 Å². The van der Waals surface area contributed by atoms with E-state index in [1.165, 1.54) is 11.8 Å². The zero-order chi connectivity index (χ0) is 9.36. The topological polar surface area (TPSA) is 26.0 Å². The van der Waals surface area contributed by atoms with E-state index in [2.05, 4.69) is 12.1 Å². The van der Waals surface area contributed by atoms with Crippen molar-refractivity contribution in [3.05, 3.63) is 66.4 Å². The minimum Gasteiger partial charge on any atom is -0.405 e. The maximum absolute atomic E-state index is 5.17. The molecule has 2 N–H and O–H groups in total. The molecule has 0 aliphatic carbocycles. The lowest BCUT2D eigenvalue weighted by Gasteiger charge is -1.87. The second-order valence-electron chi connectivity index (χ2n) is 2.54. The Morgan fingerprint density at radius 2 is 1.54 bits per heavy atom. The quantitative estimate of drug-likeness (QED) is 0.695. The van der Waals surface area contributed by atoms with Gasteiger partial charge in [0.1, 0.15) is 0 Å². The summed E-state index contributed by atoms with van der Waals surface area (Å²) in [7, 11) is 0. The SMILES string of the molecule is N\C=C/C=C\C=C\c1ccccc1. The van der Waals surface area contributed by atoms with Gasteiger partial charge in [0.2, 0.25) is 0 Å². The molecule has 0 radical (unpaired) electrons. The van der Waals surface area contributed by atoms with Crippen LogP contribution in [0.15, 0.2) is 60.8 Å². The van der Waals surface area contributed by atoms with Gasteiger partial charge in [-0.15, -0.1) is 0 Å². The Bertz CT molecular complexity index is 307. The molecule has 1 aromatic carbocycles. The lowest BCUT2D eigenvalue weighted by molar-refractivity contribution is 1.60. The first-order valence-electron chi connectivity index (χ1n) is 4.20. The van der Waals surface area contributed by atoms with Gasteiger partial charge in [-0.3, -0.25) is 0 Å². The monoisotopic (exact) mass is 171 g/mol. The molecular weight excluding hydrogens is 158 g/mol. The van der Waals surface area contributed by atoms with Crippen molar-refractivity contribution in [2.45, 2.75) is 0 Å². The second kappa shape index (κ2) is 5.84. The van der Waals surface area contributed by atoms with Crippen LogP contribution in [0.5, 0.6) is 0 Å². The summed E-state index contributed by atoms with van der Waals surface area (Å²) in [5, 5.41) is 0. The molecule has 1 rings (SSSR count). The summed E-state index contributed by atoms with van der Waals surface area (Å²) < 4.78 is 0. The number of hydrogen-bond acceptors (Lipinski definition) is 1. The average Bonchev–Trinajstić information content (AvgIpc) is 2.19. The van der Waals surface area contributed by atoms with Crippen LogP contribution in [0.25, 0.3) is 6.08 Å². The first-order chi connectivity index (χ1) is 6.43. The van der Waals surface area contributed by atoms with E-state index in [4.69, 9.17) is 5.73 Å². The lowest BCUT2D eigenvalue weighted by Crippen LogP contribution is -1.71. The van der Waals surface area contributed by atoms with E-state index in [1.807, 2.05) is 42.5 Å². The molecule has 66 valence electrons. The largest absolute Gasteiger partial charge is 0.405 e. The lowest BCUT2D eigenvalue weighted by atomic mass is 10.2. The normalized spacial score (nSPS) is 12.0. The van der Waals surface area contributed by atoms with E-state index < -0.39 is 0 Å². The highest BCUT2D eigenvalue weighted by Gasteiger charge is 1.78. The molecule has 0 aromatic heterocycles. The molecule has 0 heterocycles. The number of allylic oxidation sites excluding steroid dienone is 4. The van der Waals surface area contributed by atoms with Crippen LogP contribution in [0.3, 0.4) is 0 Å². The number of nitrogens with two attached hydrogens (primary N) is 1. The molecule has 13 heavy (non-hydrogen) atoms. The molecule has 1 aromatic rings. The molecule has 0 amide bonds. The molecule has 0 atom stereocenters. The first kappa shape index (κ1) is 9.33. The smallest absolute Gasteiger partial charge is 0.00624 e. The standard InChI is InChI=1S/C12H13N/c13-11-7-2-1-4-8-12-9-5-3-6-10-12/h1-11H,13H2/b2-1-,8-4+,11-7-. The fraction of sp³-hybridized carbons (Fsp3) is 0. The van der Waals surface area contributed by atoms with Gasteiger partial charge in [0.15, 0.2) is 0 Å². The van der Waals surface area contributed by atoms with Crippen LogP contribution < -0.4 is 5.73 Å². The van der Waals surface area contributed by atoms with Crippen LogP contribution in [0.1, 0.15) is 5.56 Å². The van der Waals surface area contributed by atoms with Crippen molar-refractivity contribution in [1.29, 1.82) is 0 Å². The Balaban J connectivity index is 2.50. The molecule has 0 aliphatic heterocycles. The number of rotatable bonds is 3. The minimum atomic E-state index is 1.20. The van der Waals surface area contributed by atoms with Gasteiger partial charge in [0, 0.05) is 0 Å². The molecule has 1 heteroatoms. The fourth-order valence-electron chi connectivity index (χ4n) is 0.923. The van der Waals surface area contributed by atoms with Gasteiger partial charge in [-0.1, -0.05) is 54.6 Å². The first-order valence-corrected chi connectivity index (χ1v) is 4.20. The van der Waals surface area contributed by atoms with Gasteiger partial charge < -0.3 is 5.73 Å². The van der Waals surface area contributed by atoms with Gasteiger partial charge in [-0.2, -0.15) is 0 Å². The predicted octanol–water partition coefficient (Wildman–Crippen LogP) is 2.73.